The Morgan fingerprint density at radius 3 is 2.46 bits per heavy atom. The van der Waals surface area contributed by atoms with Gasteiger partial charge in [0.2, 0.25) is 10.0 Å². The predicted octanol–water partition coefficient (Wildman–Crippen LogP) is 1.29. The molecule has 0 fully saturated rings. The smallest absolute Gasteiger partial charge is 0.307 e. The molecule has 140 valence electrons. The number of aromatic nitrogens is 1. The van der Waals surface area contributed by atoms with E-state index in [0.29, 0.717) is 0 Å². The van der Waals surface area contributed by atoms with Crippen LogP contribution in [0.5, 0.6) is 0 Å². The van der Waals surface area contributed by atoms with Gasteiger partial charge in [-0.15, -0.1) is 0 Å². The summed E-state index contributed by atoms with van der Waals surface area (Å²) in [6.45, 7) is 0. The van der Waals surface area contributed by atoms with Crippen molar-refractivity contribution in [2.45, 2.75) is 11.3 Å². The zero-order valence-electron chi connectivity index (χ0n) is 14.4. The van der Waals surface area contributed by atoms with Crippen LogP contribution in [0.1, 0.15) is 16.1 Å². The fraction of sp³-hybridized carbons (Fsp3) is 0.250. The fourth-order valence-electron chi connectivity index (χ4n) is 2.24. The van der Waals surface area contributed by atoms with Gasteiger partial charge in [-0.25, -0.2) is 17.1 Å². The van der Waals surface area contributed by atoms with Gasteiger partial charge in [0.15, 0.2) is 0 Å². The van der Waals surface area contributed by atoms with Crippen molar-refractivity contribution in [1.82, 2.24) is 8.87 Å². The summed E-state index contributed by atoms with van der Waals surface area (Å²) in [5, 5.41) is 11.2. The largest absolute Gasteiger partial charge is 0.481 e. The number of carbonyl (C=O) groups excluding carboxylic acids is 1. The molecule has 10 heteroatoms. The number of nitrogens with zero attached hydrogens (tertiary/aromatic N) is 2. The summed E-state index contributed by atoms with van der Waals surface area (Å²) in [5.41, 5.74) is 0.189. The van der Waals surface area contributed by atoms with Crippen LogP contribution in [-0.4, -0.2) is 48.4 Å². The highest BCUT2D eigenvalue weighted by molar-refractivity contribution is 7.89. The molecule has 0 unspecified atom stereocenters. The molecular formula is C16H18FN3O5S. The van der Waals surface area contributed by atoms with Crippen molar-refractivity contribution in [1.29, 1.82) is 0 Å². The minimum absolute atomic E-state index is 0.00581. The molecule has 2 N–H and O–H groups in total. The molecule has 0 bridgehead atoms. The fourth-order valence-corrected chi connectivity index (χ4v) is 3.21. The van der Waals surface area contributed by atoms with Gasteiger partial charge in [-0.1, -0.05) is 6.07 Å². The van der Waals surface area contributed by atoms with Gasteiger partial charge < -0.3 is 15.0 Å². The number of nitrogens with one attached hydrogen (secondary N) is 1. The second kappa shape index (κ2) is 7.26. The van der Waals surface area contributed by atoms with Gasteiger partial charge in [-0.2, -0.15) is 0 Å². The number of aliphatic carboxylic acids is 1. The number of carboxylic acids is 1. The number of benzene rings is 1. The van der Waals surface area contributed by atoms with E-state index in [1.807, 2.05) is 0 Å². The van der Waals surface area contributed by atoms with Gasteiger partial charge in [0.1, 0.15) is 16.4 Å². The molecule has 1 aromatic heterocycles. The van der Waals surface area contributed by atoms with Crippen LogP contribution in [0.3, 0.4) is 0 Å². The maximum absolute atomic E-state index is 13.9. The van der Waals surface area contributed by atoms with E-state index >= 15 is 0 Å². The molecule has 8 nitrogen and oxygen atoms in total. The van der Waals surface area contributed by atoms with E-state index in [0.717, 1.165) is 10.4 Å². The van der Waals surface area contributed by atoms with Gasteiger partial charge in [-0.3, -0.25) is 9.59 Å². The highest BCUT2D eigenvalue weighted by Crippen LogP contribution is 2.19. The van der Waals surface area contributed by atoms with E-state index in [4.69, 9.17) is 5.11 Å². The van der Waals surface area contributed by atoms with Crippen LogP contribution >= 0.6 is 0 Å². The second-order valence-electron chi connectivity index (χ2n) is 5.79. The van der Waals surface area contributed by atoms with Crippen molar-refractivity contribution in [2.75, 3.05) is 19.4 Å². The maximum atomic E-state index is 13.9. The number of rotatable bonds is 6. The topological polar surface area (TPSA) is 109 Å². The van der Waals surface area contributed by atoms with Crippen molar-refractivity contribution in [2.24, 2.45) is 7.05 Å². The lowest BCUT2D eigenvalue weighted by molar-refractivity contribution is -0.136. The molecule has 0 radical (unpaired) electrons. The Morgan fingerprint density at radius 1 is 1.27 bits per heavy atom. The molecule has 2 rings (SSSR count). The van der Waals surface area contributed by atoms with Crippen LogP contribution in [0.4, 0.5) is 10.1 Å². The number of hydrogen-bond acceptors (Lipinski definition) is 4. The summed E-state index contributed by atoms with van der Waals surface area (Å²) in [5.74, 6) is -2.55. The molecule has 0 aliphatic rings. The standard InChI is InChI=1S/C16H18FN3O5S/c1-19(2)26(24,25)12-8-14(20(3)9-12)16(23)18-11-5-4-10(6-15(21)22)13(17)7-11/h4-5,7-9H,6H2,1-3H3,(H,18,23)(H,21,22). The third-order valence-electron chi connectivity index (χ3n) is 3.64. The lowest BCUT2D eigenvalue weighted by atomic mass is 10.1. The number of carbonyl (C=O) groups is 2. The van der Waals surface area contributed by atoms with E-state index in [-0.39, 0.29) is 21.8 Å². The summed E-state index contributed by atoms with van der Waals surface area (Å²) in [4.78, 5) is 23.0. The van der Waals surface area contributed by atoms with Crippen molar-refractivity contribution in [3.63, 3.8) is 0 Å². The van der Waals surface area contributed by atoms with Crippen molar-refractivity contribution >= 4 is 27.6 Å². The molecule has 0 spiro atoms. The van der Waals surface area contributed by atoms with Crippen LogP contribution in [-0.2, 0) is 28.3 Å². The first-order valence-corrected chi connectivity index (χ1v) is 8.87. The number of hydrogen-bond donors (Lipinski definition) is 2. The van der Waals surface area contributed by atoms with E-state index < -0.39 is 34.1 Å². The normalized spacial score (nSPS) is 11.6. The first-order valence-electron chi connectivity index (χ1n) is 7.43. The summed E-state index contributed by atoms with van der Waals surface area (Å²) in [7, 11) is 0.579. The Labute approximate surface area is 149 Å². The number of amides is 1. The van der Waals surface area contributed by atoms with Crippen LogP contribution in [0, 0.1) is 5.82 Å². The molecule has 0 aliphatic heterocycles. The third kappa shape index (κ3) is 4.09. The van der Waals surface area contributed by atoms with Crippen LogP contribution in [0.2, 0.25) is 0 Å². The van der Waals surface area contributed by atoms with Gasteiger partial charge in [0, 0.05) is 33.0 Å². The zero-order valence-corrected chi connectivity index (χ0v) is 15.2. The molecule has 1 aromatic carbocycles. The quantitative estimate of drug-likeness (QED) is 0.781. The molecule has 2 aromatic rings. The van der Waals surface area contributed by atoms with Crippen molar-refractivity contribution < 1.29 is 27.5 Å². The maximum Gasteiger partial charge on any atom is 0.307 e. The highest BCUT2D eigenvalue weighted by atomic mass is 32.2. The second-order valence-corrected chi connectivity index (χ2v) is 7.94. The van der Waals surface area contributed by atoms with Crippen LogP contribution in [0.15, 0.2) is 35.4 Å². The average molecular weight is 383 g/mol. The summed E-state index contributed by atoms with van der Waals surface area (Å²) in [6, 6.07) is 4.88. The minimum atomic E-state index is -3.69. The monoisotopic (exact) mass is 383 g/mol. The lowest BCUT2D eigenvalue weighted by Gasteiger charge is -2.08. The summed E-state index contributed by atoms with van der Waals surface area (Å²) < 4.78 is 40.5. The Balaban J connectivity index is 2.25. The molecular weight excluding hydrogens is 365 g/mol. The Kier molecular flexibility index (Phi) is 5.47. The van der Waals surface area contributed by atoms with Crippen molar-refractivity contribution in [3.8, 4) is 0 Å². The van der Waals surface area contributed by atoms with Crippen LogP contribution < -0.4 is 5.32 Å². The number of anilines is 1. The SMILES string of the molecule is CN(C)S(=O)(=O)c1cc(C(=O)Nc2ccc(CC(=O)O)c(F)c2)n(C)c1. The Bertz CT molecular complexity index is 966. The molecule has 0 aliphatic carbocycles. The number of carboxylic acid groups (broad SMARTS) is 1. The summed E-state index contributed by atoms with van der Waals surface area (Å²) in [6.07, 6.45) is 0.838. The zero-order chi connectivity index (χ0) is 19.6. The van der Waals surface area contributed by atoms with Gasteiger partial charge in [0.05, 0.1) is 6.42 Å². The first-order chi connectivity index (χ1) is 12.0. The van der Waals surface area contributed by atoms with Crippen molar-refractivity contribution in [3.05, 3.63) is 47.5 Å². The molecule has 0 saturated carbocycles. The molecule has 1 amide bonds. The summed E-state index contributed by atoms with van der Waals surface area (Å²) >= 11 is 0. The highest BCUT2D eigenvalue weighted by Gasteiger charge is 2.22. The Hall–Kier alpha value is -2.72. The van der Waals surface area contributed by atoms with Crippen LogP contribution in [0.25, 0.3) is 0 Å². The lowest BCUT2D eigenvalue weighted by Crippen LogP contribution is -2.21. The predicted molar refractivity (Wildman–Crippen MR) is 92.0 cm³/mol. The number of halogens is 1. The van der Waals surface area contributed by atoms with E-state index in [9.17, 15) is 22.4 Å². The Morgan fingerprint density at radius 2 is 1.92 bits per heavy atom. The van der Waals surface area contributed by atoms with E-state index in [2.05, 4.69) is 5.32 Å². The molecule has 0 atom stereocenters. The van der Waals surface area contributed by atoms with Gasteiger partial charge >= 0.3 is 5.97 Å². The third-order valence-corrected chi connectivity index (χ3v) is 5.42. The van der Waals surface area contributed by atoms with Gasteiger partial charge in [0.25, 0.3) is 5.91 Å². The molecule has 0 saturated heterocycles. The van der Waals surface area contributed by atoms with E-state index in [1.54, 1.807) is 0 Å². The molecule has 26 heavy (non-hydrogen) atoms. The molecule has 1 heterocycles. The van der Waals surface area contributed by atoms with E-state index in [1.165, 1.54) is 50.1 Å². The number of aryl methyl sites for hydroxylation is 1. The average Bonchev–Trinajstić information content (AvgIpc) is 2.92. The number of sulfonamides is 1. The van der Waals surface area contributed by atoms with Gasteiger partial charge in [-0.05, 0) is 23.8 Å². The minimum Gasteiger partial charge on any atom is -0.481 e. The first kappa shape index (κ1) is 19.6.